The van der Waals surface area contributed by atoms with Crippen LogP contribution in [0.5, 0.6) is 0 Å². The number of nitrogens with zero attached hydrogens (tertiary/aromatic N) is 1. The first-order chi connectivity index (χ1) is 7.97. The van der Waals surface area contributed by atoms with E-state index in [0.717, 1.165) is 5.56 Å². The summed E-state index contributed by atoms with van der Waals surface area (Å²) in [5, 5.41) is 3.18. The van der Waals surface area contributed by atoms with Crippen LogP contribution in [0.2, 0.25) is 0 Å². The van der Waals surface area contributed by atoms with E-state index in [-0.39, 0.29) is 6.04 Å². The third kappa shape index (κ3) is 3.17. The van der Waals surface area contributed by atoms with Gasteiger partial charge in [0, 0.05) is 18.8 Å². The van der Waals surface area contributed by atoms with Crippen LogP contribution in [0.4, 0.5) is 5.82 Å². The summed E-state index contributed by atoms with van der Waals surface area (Å²) in [6.07, 6.45) is 1.65. The third-order valence-electron chi connectivity index (χ3n) is 2.79. The molecular weight excluding hydrogens is 216 g/mol. The molecule has 0 bridgehead atoms. The van der Waals surface area contributed by atoms with Crippen LogP contribution in [0.1, 0.15) is 29.8 Å². The first-order valence-corrected chi connectivity index (χ1v) is 5.69. The van der Waals surface area contributed by atoms with E-state index < -0.39 is 5.91 Å². The van der Waals surface area contributed by atoms with Crippen molar-refractivity contribution in [2.45, 2.75) is 26.8 Å². The SMILES string of the molecule is Cc1ccnc(NC(CN)C(C)C)c1C(N)=O. The molecule has 1 aromatic heterocycles. The second kappa shape index (κ2) is 5.63. The Labute approximate surface area is 102 Å². The van der Waals surface area contributed by atoms with Gasteiger partial charge in [0.25, 0.3) is 5.91 Å². The highest BCUT2D eigenvalue weighted by molar-refractivity contribution is 5.99. The van der Waals surface area contributed by atoms with Crippen molar-refractivity contribution in [3.8, 4) is 0 Å². The van der Waals surface area contributed by atoms with Gasteiger partial charge in [-0.1, -0.05) is 13.8 Å². The molecule has 0 aliphatic rings. The molecule has 0 fully saturated rings. The van der Waals surface area contributed by atoms with Gasteiger partial charge in [-0.25, -0.2) is 4.98 Å². The number of amides is 1. The number of carbonyl (C=O) groups is 1. The summed E-state index contributed by atoms with van der Waals surface area (Å²) in [4.78, 5) is 15.6. The minimum absolute atomic E-state index is 0.0717. The number of carbonyl (C=O) groups excluding carboxylic acids is 1. The maximum atomic E-state index is 11.4. The number of nitrogens with one attached hydrogen (secondary N) is 1. The van der Waals surface area contributed by atoms with Crippen molar-refractivity contribution in [1.82, 2.24) is 4.98 Å². The zero-order valence-corrected chi connectivity index (χ0v) is 10.5. The van der Waals surface area contributed by atoms with Gasteiger partial charge in [-0.3, -0.25) is 4.79 Å². The minimum Gasteiger partial charge on any atom is -0.365 e. The van der Waals surface area contributed by atoms with E-state index in [0.29, 0.717) is 23.8 Å². The lowest BCUT2D eigenvalue weighted by atomic mass is 10.0. The molecular formula is C12H20N4O. The number of nitrogens with two attached hydrogens (primary N) is 2. The quantitative estimate of drug-likeness (QED) is 0.707. The number of aromatic nitrogens is 1. The lowest BCUT2D eigenvalue weighted by Gasteiger charge is -2.22. The fourth-order valence-corrected chi connectivity index (χ4v) is 1.65. The normalized spacial score (nSPS) is 12.5. The van der Waals surface area contributed by atoms with Crippen molar-refractivity contribution in [3.63, 3.8) is 0 Å². The maximum absolute atomic E-state index is 11.4. The van der Waals surface area contributed by atoms with Crippen molar-refractivity contribution < 1.29 is 4.79 Å². The van der Waals surface area contributed by atoms with Gasteiger partial charge in [0.05, 0.1) is 5.56 Å². The zero-order chi connectivity index (χ0) is 13.0. The van der Waals surface area contributed by atoms with E-state index in [2.05, 4.69) is 24.1 Å². The van der Waals surface area contributed by atoms with E-state index in [1.54, 1.807) is 12.3 Å². The Hall–Kier alpha value is -1.62. The molecule has 0 saturated heterocycles. The Morgan fingerprint density at radius 1 is 1.53 bits per heavy atom. The van der Waals surface area contributed by atoms with E-state index in [9.17, 15) is 4.79 Å². The molecule has 1 aromatic rings. The summed E-state index contributed by atoms with van der Waals surface area (Å²) < 4.78 is 0. The van der Waals surface area contributed by atoms with Crippen LogP contribution >= 0.6 is 0 Å². The summed E-state index contributed by atoms with van der Waals surface area (Å²) in [5.41, 5.74) is 12.3. The monoisotopic (exact) mass is 236 g/mol. The molecule has 0 radical (unpaired) electrons. The van der Waals surface area contributed by atoms with E-state index in [1.165, 1.54) is 0 Å². The number of primary amides is 1. The minimum atomic E-state index is -0.474. The van der Waals surface area contributed by atoms with Gasteiger partial charge >= 0.3 is 0 Å². The van der Waals surface area contributed by atoms with Gasteiger partial charge in [0.15, 0.2) is 0 Å². The summed E-state index contributed by atoms with van der Waals surface area (Å²) in [7, 11) is 0. The van der Waals surface area contributed by atoms with E-state index >= 15 is 0 Å². The number of hydrogen-bond acceptors (Lipinski definition) is 4. The summed E-state index contributed by atoms with van der Waals surface area (Å²) in [5.74, 6) is 0.391. The van der Waals surface area contributed by atoms with Crippen LogP contribution in [-0.2, 0) is 0 Å². The van der Waals surface area contributed by atoms with Crippen LogP contribution < -0.4 is 16.8 Å². The first-order valence-electron chi connectivity index (χ1n) is 5.69. The average molecular weight is 236 g/mol. The molecule has 1 rings (SSSR count). The smallest absolute Gasteiger partial charge is 0.252 e. The number of rotatable bonds is 5. The van der Waals surface area contributed by atoms with Gasteiger partial charge in [0.2, 0.25) is 0 Å². The Bertz CT molecular complexity index is 403. The molecule has 1 atom stereocenters. The Morgan fingerprint density at radius 3 is 2.65 bits per heavy atom. The van der Waals surface area contributed by atoms with Crippen LogP contribution in [0.15, 0.2) is 12.3 Å². The molecule has 0 aromatic carbocycles. The standard InChI is InChI=1S/C12H20N4O/c1-7(2)9(6-13)16-12-10(11(14)17)8(3)4-5-15-12/h4-5,7,9H,6,13H2,1-3H3,(H2,14,17)(H,15,16). The molecule has 0 saturated carbocycles. The van der Waals surface area contributed by atoms with E-state index in [1.807, 2.05) is 6.92 Å². The highest BCUT2D eigenvalue weighted by Crippen LogP contribution is 2.18. The van der Waals surface area contributed by atoms with Crippen molar-refractivity contribution in [2.24, 2.45) is 17.4 Å². The summed E-state index contributed by atoms with van der Waals surface area (Å²) in [6.45, 7) is 6.43. The average Bonchev–Trinajstić information content (AvgIpc) is 2.24. The number of pyridine rings is 1. The van der Waals surface area contributed by atoms with Gasteiger partial charge in [-0.15, -0.1) is 0 Å². The number of anilines is 1. The summed E-state index contributed by atoms with van der Waals surface area (Å²) >= 11 is 0. The fourth-order valence-electron chi connectivity index (χ4n) is 1.65. The van der Waals surface area contributed by atoms with Crippen molar-refractivity contribution in [1.29, 1.82) is 0 Å². The van der Waals surface area contributed by atoms with Gasteiger partial charge in [-0.2, -0.15) is 0 Å². The molecule has 1 unspecified atom stereocenters. The molecule has 0 aliphatic carbocycles. The second-order valence-electron chi connectivity index (χ2n) is 4.45. The van der Waals surface area contributed by atoms with Crippen molar-refractivity contribution in [3.05, 3.63) is 23.4 Å². The fraction of sp³-hybridized carbons (Fsp3) is 0.500. The Morgan fingerprint density at radius 2 is 2.18 bits per heavy atom. The van der Waals surface area contributed by atoms with Gasteiger partial charge in [-0.05, 0) is 24.5 Å². The third-order valence-corrected chi connectivity index (χ3v) is 2.79. The predicted octanol–water partition coefficient (Wildman–Crippen LogP) is 0.884. The molecule has 1 heterocycles. The van der Waals surface area contributed by atoms with Crippen LogP contribution in [0.25, 0.3) is 0 Å². The van der Waals surface area contributed by atoms with Crippen LogP contribution in [0, 0.1) is 12.8 Å². The molecule has 1 amide bonds. The second-order valence-corrected chi connectivity index (χ2v) is 4.45. The molecule has 0 aliphatic heterocycles. The molecule has 5 heteroatoms. The van der Waals surface area contributed by atoms with Gasteiger partial charge < -0.3 is 16.8 Å². The first kappa shape index (κ1) is 13.4. The van der Waals surface area contributed by atoms with Gasteiger partial charge in [0.1, 0.15) is 5.82 Å². The number of aryl methyl sites for hydroxylation is 1. The summed E-state index contributed by atoms with van der Waals surface area (Å²) in [6, 6.07) is 1.83. The molecule has 5 N–H and O–H groups in total. The molecule has 0 spiro atoms. The predicted molar refractivity (Wildman–Crippen MR) is 68.8 cm³/mol. The molecule has 94 valence electrons. The number of hydrogen-bond donors (Lipinski definition) is 3. The maximum Gasteiger partial charge on any atom is 0.252 e. The lowest BCUT2D eigenvalue weighted by Crippen LogP contribution is -2.35. The topological polar surface area (TPSA) is 94.0 Å². The molecule has 17 heavy (non-hydrogen) atoms. The van der Waals surface area contributed by atoms with Crippen LogP contribution in [0.3, 0.4) is 0 Å². The molecule has 5 nitrogen and oxygen atoms in total. The largest absolute Gasteiger partial charge is 0.365 e. The van der Waals surface area contributed by atoms with Crippen molar-refractivity contribution >= 4 is 11.7 Å². The van der Waals surface area contributed by atoms with Crippen LogP contribution in [-0.4, -0.2) is 23.5 Å². The highest BCUT2D eigenvalue weighted by Gasteiger charge is 2.17. The Kier molecular flexibility index (Phi) is 4.45. The van der Waals surface area contributed by atoms with E-state index in [4.69, 9.17) is 11.5 Å². The lowest BCUT2D eigenvalue weighted by molar-refractivity contribution is 0.1000. The van der Waals surface area contributed by atoms with Crippen molar-refractivity contribution in [2.75, 3.05) is 11.9 Å². The Balaban J connectivity index is 3.05. The highest BCUT2D eigenvalue weighted by atomic mass is 16.1. The zero-order valence-electron chi connectivity index (χ0n) is 10.5.